The molecule has 0 saturated carbocycles. The van der Waals surface area contributed by atoms with Crippen molar-refractivity contribution in [3.63, 3.8) is 0 Å². The average Bonchev–Trinajstić information content (AvgIpc) is 2.42. The van der Waals surface area contributed by atoms with Gasteiger partial charge in [0.1, 0.15) is 18.4 Å². The maximum Gasteiger partial charge on any atom is 0.302 e. The van der Waals surface area contributed by atoms with Crippen molar-refractivity contribution in [2.75, 3.05) is 13.7 Å². The van der Waals surface area contributed by atoms with E-state index >= 15 is 0 Å². The molecule has 0 heterocycles. The Balaban J connectivity index is 2.84. The molecule has 1 atom stereocenters. The fourth-order valence-corrected chi connectivity index (χ4v) is 1.59. The number of methoxy groups -OCH3 is 1. The van der Waals surface area contributed by atoms with Crippen LogP contribution in [0.1, 0.15) is 24.2 Å². The number of carbonyl (C=O) groups is 3. The number of hydrogen-bond acceptors (Lipinski definition) is 5. The van der Waals surface area contributed by atoms with Crippen LogP contribution in [-0.4, -0.2) is 37.4 Å². The van der Waals surface area contributed by atoms with Crippen molar-refractivity contribution in [1.82, 2.24) is 5.32 Å². The van der Waals surface area contributed by atoms with E-state index < -0.39 is 12.0 Å². The van der Waals surface area contributed by atoms with Crippen molar-refractivity contribution in [3.05, 3.63) is 29.8 Å². The standard InChI is InChI=1S/C14H17NO5/c1-9(16)15-13(8-20-10(2)17)14(18)11-4-6-12(19-3)7-5-11/h4-7,13H,8H2,1-3H3,(H,15,16). The molecule has 1 amide bonds. The first-order chi connectivity index (χ1) is 9.43. The first-order valence-electron chi connectivity index (χ1n) is 6.02. The van der Waals surface area contributed by atoms with Gasteiger partial charge in [-0.25, -0.2) is 0 Å². The molecule has 0 fully saturated rings. The Morgan fingerprint density at radius 3 is 2.20 bits per heavy atom. The fourth-order valence-electron chi connectivity index (χ4n) is 1.59. The second-order valence-electron chi connectivity index (χ2n) is 4.15. The predicted octanol–water partition coefficient (Wildman–Crippen LogP) is 0.946. The molecule has 1 aromatic carbocycles. The van der Waals surface area contributed by atoms with Crippen LogP contribution in [0.15, 0.2) is 24.3 Å². The lowest BCUT2D eigenvalue weighted by Crippen LogP contribution is -2.43. The number of benzene rings is 1. The lowest BCUT2D eigenvalue weighted by molar-refractivity contribution is -0.141. The van der Waals surface area contributed by atoms with Crippen LogP contribution in [0.4, 0.5) is 0 Å². The van der Waals surface area contributed by atoms with E-state index in [0.717, 1.165) is 0 Å². The highest BCUT2D eigenvalue weighted by Gasteiger charge is 2.22. The van der Waals surface area contributed by atoms with Gasteiger partial charge in [-0.05, 0) is 24.3 Å². The Kier molecular flexibility index (Phi) is 5.71. The number of carbonyl (C=O) groups excluding carboxylic acids is 3. The van der Waals surface area contributed by atoms with Crippen molar-refractivity contribution < 1.29 is 23.9 Å². The summed E-state index contributed by atoms with van der Waals surface area (Å²) in [4.78, 5) is 34.2. The number of nitrogens with one attached hydrogen (secondary N) is 1. The third-order valence-electron chi connectivity index (χ3n) is 2.52. The molecule has 1 aromatic rings. The van der Waals surface area contributed by atoms with Gasteiger partial charge in [-0.3, -0.25) is 14.4 Å². The molecule has 108 valence electrons. The molecule has 0 aliphatic heterocycles. The van der Waals surface area contributed by atoms with Crippen molar-refractivity contribution in [2.45, 2.75) is 19.9 Å². The molecule has 6 nitrogen and oxygen atoms in total. The summed E-state index contributed by atoms with van der Waals surface area (Å²) in [5.74, 6) is -0.589. The Hall–Kier alpha value is -2.37. The molecule has 1 N–H and O–H groups in total. The summed E-state index contributed by atoms with van der Waals surface area (Å²) in [7, 11) is 1.53. The lowest BCUT2D eigenvalue weighted by atomic mass is 10.0. The van der Waals surface area contributed by atoms with Crippen LogP contribution in [0.3, 0.4) is 0 Å². The van der Waals surface area contributed by atoms with E-state index in [9.17, 15) is 14.4 Å². The fraction of sp³-hybridized carbons (Fsp3) is 0.357. The van der Waals surface area contributed by atoms with Gasteiger partial charge in [0.2, 0.25) is 5.91 Å². The zero-order valence-electron chi connectivity index (χ0n) is 11.6. The highest BCUT2D eigenvalue weighted by Crippen LogP contribution is 2.13. The second-order valence-corrected chi connectivity index (χ2v) is 4.15. The van der Waals surface area contributed by atoms with Gasteiger partial charge < -0.3 is 14.8 Å². The number of esters is 1. The quantitative estimate of drug-likeness (QED) is 0.619. The Bertz CT molecular complexity index is 495. The van der Waals surface area contributed by atoms with Crippen LogP contribution in [-0.2, 0) is 14.3 Å². The van der Waals surface area contributed by atoms with Gasteiger partial charge in [-0.2, -0.15) is 0 Å². The van der Waals surface area contributed by atoms with Crippen molar-refractivity contribution >= 4 is 17.7 Å². The van der Waals surface area contributed by atoms with Crippen LogP contribution >= 0.6 is 0 Å². The van der Waals surface area contributed by atoms with Crippen LogP contribution in [0, 0.1) is 0 Å². The number of hydrogen-bond donors (Lipinski definition) is 1. The largest absolute Gasteiger partial charge is 0.497 e. The van der Waals surface area contributed by atoms with Crippen molar-refractivity contribution in [2.24, 2.45) is 0 Å². The molecular formula is C14H17NO5. The van der Waals surface area contributed by atoms with Gasteiger partial charge in [0.15, 0.2) is 5.78 Å². The zero-order valence-corrected chi connectivity index (χ0v) is 11.6. The number of ether oxygens (including phenoxy) is 2. The first kappa shape index (κ1) is 15.7. The molecule has 0 aliphatic rings. The molecule has 0 aromatic heterocycles. The summed E-state index contributed by atoms with van der Waals surface area (Å²) in [5, 5.41) is 2.47. The molecule has 1 unspecified atom stereocenters. The SMILES string of the molecule is COc1ccc(C(=O)C(COC(C)=O)NC(C)=O)cc1. The third-order valence-corrected chi connectivity index (χ3v) is 2.52. The Labute approximate surface area is 117 Å². The van der Waals surface area contributed by atoms with Gasteiger partial charge in [-0.1, -0.05) is 0 Å². The van der Waals surface area contributed by atoms with Gasteiger partial charge in [-0.15, -0.1) is 0 Å². The summed E-state index contributed by atoms with van der Waals surface area (Å²) in [6.45, 7) is 2.34. The minimum atomic E-state index is -0.898. The van der Waals surface area contributed by atoms with Gasteiger partial charge in [0.05, 0.1) is 7.11 Å². The minimum Gasteiger partial charge on any atom is -0.497 e. The molecule has 20 heavy (non-hydrogen) atoms. The Morgan fingerprint density at radius 1 is 1.15 bits per heavy atom. The molecule has 0 radical (unpaired) electrons. The first-order valence-corrected chi connectivity index (χ1v) is 6.02. The number of Topliss-reactive ketones (excluding diaryl/α,β-unsaturated/α-hetero) is 1. The summed E-state index contributed by atoms with van der Waals surface area (Å²) in [5.41, 5.74) is 0.400. The molecule has 0 spiro atoms. The number of ketones is 1. The lowest BCUT2D eigenvalue weighted by Gasteiger charge is -2.16. The molecule has 0 aliphatic carbocycles. The highest BCUT2D eigenvalue weighted by atomic mass is 16.5. The van der Waals surface area contributed by atoms with Gasteiger partial charge >= 0.3 is 5.97 Å². The number of amides is 1. The van der Waals surface area contributed by atoms with E-state index in [4.69, 9.17) is 9.47 Å². The smallest absolute Gasteiger partial charge is 0.302 e. The third kappa shape index (κ3) is 4.72. The van der Waals surface area contributed by atoms with E-state index in [1.165, 1.54) is 21.0 Å². The van der Waals surface area contributed by atoms with Crippen LogP contribution in [0.25, 0.3) is 0 Å². The Morgan fingerprint density at radius 2 is 1.75 bits per heavy atom. The molecule has 0 bridgehead atoms. The molecule has 6 heteroatoms. The summed E-state index contributed by atoms with van der Waals surface area (Å²) in [6, 6.07) is 5.56. The van der Waals surface area contributed by atoms with Crippen LogP contribution in [0.5, 0.6) is 5.75 Å². The molecular weight excluding hydrogens is 262 g/mol. The summed E-state index contributed by atoms with van der Waals surface area (Å²) < 4.78 is 9.80. The predicted molar refractivity (Wildman–Crippen MR) is 71.6 cm³/mol. The number of rotatable bonds is 6. The summed E-state index contributed by atoms with van der Waals surface area (Å²) >= 11 is 0. The second kappa shape index (κ2) is 7.28. The summed E-state index contributed by atoms with van der Waals surface area (Å²) in [6.07, 6.45) is 0. The van der Waals surface area contributed by atoms with E-state index in [0.29, 0.717) is 11.3 Å². The van der Waals surface area contributed by atoms with Crippen LogP contribution in [0.2, 0.25) is 0 Å². The highest BCUT2D eigenvalue weighted by molar-refractivity contribution is 6.02. The maximum atomic E-state index is 12.2. The van der Waals surface area contributed by atoms with Crippen molar-refractivity contribution in [1.29, 1.82) is 0 Å². The van der Waals surface area contributed by atoms with E-state index in [-0.39, 0.29) is 18.3 Å². The normalized spacial score (nSPS) is 11.3. The zero-order chi connectivity index (χ0) is 15.1. The van der Waals surface area contributed by atoms with Crippen LogP contribution < -0.4 is 10.1 Å². The van der Waals surface area contributed by atoms with Crippen molar-refractivity contribution in [3.8, 4) is 5.75 Å². The topological polar surface area (TPSA) is 81.7 Å². The van der Waals surface area contributed by atoms with E-state index in [1.807, 2.05) is 0 Å². The van der Waals surface area contributed by atoms with E-state index in [2.05, 4.69) is 5.32 Å². The van der Waals surface area contributed by atoms with Gasteiger partial charge in [0.25, 0.3) is 0 Å². The van der Waals surface area contributed by atoms with Gasteiger partial charge in [0, 0.05) is 19.4 Å². The maximum absolute atomic E-state index is 12.2. The minimum absolute atomic E-state index is 0.195. The van der Waals surface area contributed by atoms with E-state index in [1.54, 1.807) is 24.3 Å². The molecule has 1 rings (SSSR count). The average molecular weight is 279 g/mol. The molecule has 0 saturated heterocycles. The monoisotopic (exact) mass is 279 g/mol.